The summed E-state index contributed by atoms with van der Waals surface area (Å²) in [5.74, 6) is 1.81. The first-order chi connectivity index (χ1) is 12.4. The fourth-order valence-corrected chi connectivity index (χ4v) is 4.56. The summed E-state index contributed by atoms with van der Waals surface area (Å²) in [7, 11) is 3.47. The topological polar surface area (TPSA) is 18.5 Å². The summed E-state index contributed by atoms with van der Waals surface area (Å²) in [6, 6.07) is 8.62. The second-order valence-electron chi connectivity index (χ2n) is 9.20. The summed E-state index contributed by atoms with van der Waals surface area (Å²) in [4.78, 5) is 2.46. The number of rotatable bonds is 4. The van der Waals surface area contributed by atoms with Crippen molar-refractivity contribution in [2.75, 3.05) is 14.2 Å². The lowest BCUT2D eigenvalue weighted by Gasteiger charge is -2.26. The molecule has 0 heterocycles. The number of benzene rings is 2. The van der Waals surface area contributed by atoms with Crippen molar-refractivity contribution < 1.29 is 9.47 Å². The minimum atomic E-state index is 0.0634. The van der Waals surface area contributed by atoms with Gasteiger partial charge in [0.05, 0.1) is 14.2 Å². The van der Waals surface area contributed by atoms with Gasteiger partial charge in [0.25, 0.3) is 0 Å². The van der Waals surface area contributed by atoms with Crippen molar-refractivity contribution in [2.24, 2.45) is 0 Å². The smallest absolute Gasteiger partial charge is 0.120 e. The van der Waals surface area contributed by atoms with Crippen LogP contribution in [0.3, 0.4) is 0 Å². The highest BCUT2D eigenvalue weighted by atomic mass is 32.2. The molecule has 27 heavy (non-hydrogen) atoms. The van der Waals surface area contributed by atoms with Crippen LogP contribution in [0.15, 0.2) is 34.1 Å². The van der Waals surface area contributed by atoms with Crippen molar-refractivity contribution in [1.82, 2.24) is 0 Å². The highest BCUT2D eigenvalue weighted by Crippen LogP contribution is 2.43. The largest absolute Gasteiger partial charge is 0.497 e. The third-order valence-electron chi connectivity index (χ3n) is 4.97. The lowest BCUT2D eigenvalue weighted by molar-refractivity contribution is 0.410. The Bertz CT molecular complexity index is 754. The van der Waals surface area contributed by atoms with Crippen molar-refractivity contribution in [3.63, 3.8) is 0 Å². The van der Waals surface area contributed by atoms with Crippen molar-refractivity contribution >= 4 is 11.8 Å². The lowest BCUT2D eigenvalue weighted by Crippen LogP contribution is -2.14. The van der Waals surface area contributed by atoms with E-state index in [1.807, 2.05) is 0 Å². The van der Waals surface area contributed by atoms with Crippen LogP contribution in [0.1, 0.15) is 63.8 Å². The van der Waals surface area contributed by atoms with E-state index in [2.05, 4.69) is 79.7 Å². The van der Waals surface area contributed by atoms with E-state index >= 15 is 0 Å². The van der Waals surface area contributed by atoms with E-state index in [0.29, 0.717) is 0 Å². The van der Waals surface area contributed by atoms with Gasteiger partial charge in [-0.05, 0) is 71.2 Å². The zero-order chi connectivity index (χ0) is 20.6. The quantitative estimate of drug-likeness (QED) is 0.560. The molecule has 148 valence electrons. The van der Waals surface area contributed by atoms with Gasteiger partial charge >= 0.3 is 0 Å². The normalized spacial score (nSPS) is 12.2. The van der Waals surface area contributed by atoms with E-state index in [1.165, 1.54) is 32.0 Å². The van der Waals surface area contributed by atoms with Crippen LogP contribution in [0.5, 0.6) is 11.5 Å². The first-order valence-corrected chi connectivity index (χ1v) is 10.3. The Morgan fingerprint density at radius 2 is 0.963 bits per heavy atom. The highest BCUT2D eigenvalue weighted by molar-refractivity contribution is 7.99. The van der Waals surface area contributed by atoms with Gasteiger partial charge in [0.1, 0.15) is 11.5 Å². The van der Waals surface area contributed by atoms with Gasteiger partial charge in [-0.3, -0.25) is 0 Å². The van der Waals surface area contributed by atoms with Crippen molar-refractivity contribution in [1.29, 1.82) is 0 Å². The maximum Gasteiger partial charge on any atom is 0.120 e. The van der Waals surface area contributed by atoms with Gasteiger partial charge in [0.15, 0.2) is 0 Å². The molecule has 0 aromatic heterocycles. The second-order valence-corrected chi connectivity index (χ2v) is 10.3. The Labute approximate surface area is 169 Å². The molecule has 2 aromatic rings. The average Bonchev–Trinajstić information content (AvgIpc) is 2.56. The first kappa shape index (κ1) is 21.7. The summed E-state index contributed by atoms with van der Waals surface area (Å²) in [5.41, 5.74) is 5.39. The van der Waals surface area contributed by atoms with Gasteiger partial charge in [0, 0.05) is 9.79 Å². The van der Waals surface area contributed by atoms with E-state index in [4.69, 9.17) is 9.47 Å². The van der Waals surface area contributed by atoms with E-state index in [0.717, 1.165) is 11.5 Å². The molecule has 0 fully saturated rings. The van der Waals surface area contributed by atoms with Crippen LogP contribution in [0.25, 0.3) is 0 Å². The van der Waals surface area contributed by atoms with Gasteiger partial charge in [0.2, 0.25) is 0 Å². The molecule has 0 unspecified atom stereocenters. The fourth-order valence-electron chi connectivity index (χ4n) is 3.45. The molecule has 0 aliphatic carbocycles. The van der Waals surface area contributed by atoms with Gasteiger partial charge in [-0.2, -0.15) is 0 Å². The Morgan fingerprint density at radius 1 is 0.630 bits per heavy atom. The molecule has 3 heteroatoms. The Morgan fingerprint density at radius 3 is 1.22 bits per heavy atom. The van der Waals surface area contributed by atoms with Crippen LogP contribution in [-0.4, -0.2) is 14.2 Å². The zero-order valence-corrected chi connectivity index (χ0v) is 19.4. The molecule has 0 aliphatic rings. The third kappa shape index (κ3) is 4.82. The van der Waals surface area contributed by atoms with Crippen molar-refractivity contribution in [2.45, 2.75) is 76.0 Å². The Balaban J connectivity index is 2.64. The number of hydrogen-bond donors (Lipinski definition) is 0. The molecular formula is C24H34O2S. The summed E-state index contributed by atoms with van der Waals surface area (Å²) < 4.78 is 11.2. The summed E-state index contributed by atoms with van der Waals surface area (Å²) in [6.45, 7) is 17.9. The number of methoxy groups -OCH3 is 2. The van der Waals surface area contributed by atoms with Crippen LogP contribution in [0.4, 0.5) is 0 Å². The fraction of sp³-hybridized carbons (Fsp3) is 0.500. The SMILES string of the molecule is COc1cc(Sc2cc(OC)cc(C(C)(C)C)c2C)c(C)c(C(C)(C)C)c1. The number of ether oxygens (including phenoxy) is 2. The van der Waals surface area contributed by atoms with E-state index in [-0.39, 0.29) is 10.8 Å². The monoisotopic (exact) mass is 386 g/mol. The molecule has 2 aromatic carbocycles. The minimum absolute atomic E-state index is 0.0634. The number of hydrogen-bond acceptors (Lipinski definition) is 3. The van der Waals surface area contributed by atoms with Crippen molar-refractivity contribution in [3.8, 4) is 11.5 Å². The summed E-state index contributed by atoms with van der Waals surface area (Å²) in [5, 5.41) is 0. The maximum absolute atomic E-state index is 5.60. The summed E-state index contributed by atoms with van der Waals surface area (Å²) >= 11 is 1.80. The molecule has 2 nitrogen and oxygen atoms in total. The predicted molar refractivity (Wildman–Crippen MR) is 117 cm³/mol. The molecule has 0 aliphatic heterocycles. The summed E-state index contributed by atoms with van der Waals surface area (Å²) in [6.07, 6.45) is 0. The molecule has 0 bridgehead atoms. The minimum Gasteiger partial charge on any atom is -0.497 e. The molecule has 0 N–H and O–H groups in total. The zero-order valence-electron chi connectivity index (χ0n) is 18.5. The van der Waals surface area contributed by atoms with E-state index in [1.54, 1.807) is 26.0 Å². The maximum atomic E-state index is 5.60. The van der Waals surface area contributed by atoms with Crippen LogP contribution in [-0.2, 0) is 10.8 Å². The Kier molecular flexibility index (Phi) is 6.26. The van der Waals surface area contributed by atoms with Gasteiger partial charge in [-0.25, -0.2) is 0 Å². The molecule has 0 amide bonds. The first-order valence-electron chi connectivity index (χ1n) is 9.44. The molecule has 0 spiro atoms. The van der Waals surface area contributed by atoms with Gasteiger partial charge < -0.3 is 9.47 Å². The second kappa shape index (κ2) is 7.79. The van der Waals surface area contributed by atoms with Crippen molar-refractivity contribution in [3.05, 3.63) is 46.5 Å². The predicted octanol–water partition coefficient (Wildman–Crippen LogP) is 7.07. The highest BCUT2D eigenvalue weighted by Gasteiger charge is 2.23. The van der Waals surface area contributed by atoms with Gasteiger partial charge in [-0.1, -0.05) is 53.3 Å². The lowest BCUT2D eigenvalue weighted by atomic mass is 9.84. The third-order valence-corrected chi connectivity index (χ3v) is 6.26. The molecule has 0 saturated heterocycles. The van der Waals surface area contributed by atoms with E-state index < -0.39 is 0 Å². The Hall–Kier alpha value is -1.61. The molecular weight excluding hydrogens is 352 g/mol. The standard InChI is InChI=1S/C24H34O2S/c1-15-19(23(3,4)5)11-17(25-9)13-21(15)27-22-14-18(26-10)12-20(16(22)2)24(6,7)8/h11-14H,1-10H3. The van der Waals surface area contributed by atoms with Gasteiger partial charge in [-0.15, -0.1) is 0 Å². The molecule has 2 rings (SSSR count). The average molecular weight is 387 g/mol. The van der Waals surface area contributed by atoms with Crippen LogP contribution < -0.4 is 9.47 Å². The van der Waals surface area contributed by atoms with Crippen LogP contribution in [0.2, 0.25) is 0 Å². The molecule has 0 atom stereocenters. The molecule has 0 saturated carbocycles. The molecule has 0 radical (unpaired) electrons. The van der Waals surface area contributed by atoms with E-state index in [9.17, 15) is 0 Å². The van der Waals surface area contributed by atoms with Crippen LogP contribution in [0, 0.1) is 13.8 Å². The van der Waals surface area contributed by atoms with Crippen LogP contribution >= 0.6 is 11.8 Å².